The Morgan fingerprint density at radius 3 is 2.78 bits per heavy atom. The Balaban J connectivity index is 2.42. The van der Waals surface area contributed by atoms with Crippen LogP contribution in [0.2, 0.25) is 0 Å². The second kappa shape index (κ2) is 7.24. The summed E-state index contributed by atoms with van der Waals surface area (Å²) >= 11 is 0. The highest BCUT2D eigenvalue weighted by Crippen LogP contribution is 2.25. The number of anilines is 1. The number of nitrogens with one attached hydrogen (secondary N) is 1. The summed E-state index contributed by atoms with van der Waals surface area (Å²) in [5, 5.41) is 3.47. The average Bonchev–Trinajstić information content (AvgIpc) is 2.37. The van der Waals surface area contributed by atoms with Gasteiger partial charge in [-0.25, -0.2) is 4.98 Å². The molecule has 0 aliphatic rings. The second-order valence-corrected chi connectivity index (χ2v) is 5.56. The van der Waals surface area contributed by atoms with Gasteiger partial charge in [-0.1, -0.05) is 40.0 Å². The third kappa shape index (κ3) is 5.39. The minimum absolute atomic E-state index is 0.325. The van der Waals surface area contributed by atoms with Crippen molar-refractivity contribution in [1.82, 2.24) is 4.98 Å². The van der Waals surface area contributed by atoms with Gasteiger partial charge >= 0.3 is 0 Å². The lowest BCUT2D eigenvalue weighted by Crippen LogP contribution is -2.23. The number of hydrogen-bond acceptors (Lipinski definition) is 3. The van der Waals surface area contributed by atoms with Crippen molar-refractivity contribution in [3.8, 4) is 5.88 Å². The lowest BCUT2D eigenvalue weighted by Gasteiger charge is -2.25. The molecular weight excluding hydrogens is 224 g/mol. The number of ether oxygens (including phenoxy) is 1. The number of pyridine rings is 1. The molecule has 3 heteroatoms. The Hall–Kier alpha value is -1.25. The first-order valence-electron chi connectivity index (χ1n) is 6.81. The quantitative estimate of drug-likeness (QED) is 0.705. The molecule has 0 atom stereocenters. The number of nitrogens with zero attached hydrogens (tertiary/aromatic N) is 1. The molecule has 0 saturated carbocycles. The van der Waals surface area contributed by atoms with Gasteiger partial charge < -0.3 is 10.1 Å². The van der Waals surface area contributed by atoms with Gasteiger partial charge in [0.2, 0.25) is 5.88 Å². The highest BCUT2D eigenvalue weighted by atomic mass is 16.5. The van der Waals surface area contributed by atoms with Crippen molar-refractivity contribution in [3.05, 3.63) is 18.3 Å². The number of methoxy groups -OCH3 is 1. The van der Waals surface area contributed by atoms with Crippen LogP contribution in [-0.4, -0.2) is 18.6 Å². The summed E-state index contributed by atoms with van der Waals surface area (Å²) in [7, 11) is 1.64. The summed E-state index contributed by atoms with van der Waals surface area (Å²) in [6, 6.07) is 3.91. The molecule has 0 fully saturated rings. The molecule has 0 bridgehead atoms. The predicted molar refractivity (Wildman–Crippen MR) is 77.2 cm³/mol. The molecule has 0 spiro atoms. The molecular formula is C15H26N2O. The van der Waals surface area contributed by atoms with E-state index in [1.165, 1.54) is 25.7 Å². The Morgan fingerprint density at radius 1 is 1.33 bits per heavy atom. The van der Waals surface area contributed by atoms with Crippen LogP contribution in [0.15, 0.2) is 18.3 Å². The molecule has 1 N–H and O–H groups in total. The molecule has 0 saturated heterocycles. The topological polar surface area (TPSA) is 34.2 Å². The summed E-state index contributed by atoms with van der Waals surface area (Å²) in [6.45, 7) is 7.85. The van der Waals surface area contributed by atoms with Gasteiger partial charge in [0.15, 0.2) is 0 Å². The standard InChI is InChI=1S/C15H26N2O/c1-5-6-7-9-15(2,3)12-17-13-8-10-16-14(11-13)18-4/h8,10-11H,5-7,9,12H2,1-4H3,(H,16,17). The van der Waals surface area contributed by atoms with E-state index in [-0.39, 0.29) is 0 Å². The van der Waals surface area contributed by atoms with E-state index in [4.69, 9.17) is 4.74 Å². The second-order valence-electron chi connectivity index (χ2n) is 5.56. The van der Waals surface area contributed by atoms with Crippen LogP contribution in [-0.2, 0) is 0 Å². The van der Waals surface area contributed by atoms with Gasteiger partial charge in [0.25, 0.3) is 0 Å². The summed E-state index contributed by atoms with van der Waals surface area (Å²) in [5.74, 6) is 0.656. The zero-order chi connectivity index (χ0) is 13.4. The fourth-order valence-corrected chi connectivity index (χ4v) is 1.91. The number of hydrogen-bond donors (Lipinski definition) is 1. The van der Waals surface area contributed by atoms with Gasteiger partial charge in [0.05, 0.1) is 7.11 Å². The van der Waals surface area contributed by atoms with Crippen LogP contribution in [0.4, 0.5) is 5.69 Å². The van der Waals surface area contributed by atoms with E-state index in [0.29, 0.717) is 11.3 Å². The Labute approximate surface area is 111 Å². The molecule has 1 heterocycles. The molecule has 0 radical (unpaired) electrons. The van der Waals surface area contributed by atoms with Crippen molar-refractivity contribution in [2.75, 3.05) is 19.0 Å². The molecule has 3 nitrogen and oxygen atoms in total. The van der Waals surface area contributed by atoms with Gasteiger partial charge in [-0.3, -0.25) is 0 Å². The minimum Gasteiger partial charge on any atom is -0.481 e. The Kier molecular flexibility index (Phi) is 5.96. The molecule has 102 valence electrons. The van der Waals surface area contributed by atoms with Gasteiger partial charge in [-0.2, -0.15) is 0 Å². The maximum Gasteiger partial charge on any atom is 0.214 e. The van der Waals surface area contributed by atoms with E-state index < -0.39 is 0 Å². The maximum atomic E-state index is 5.12. The molecule has 0 aromatic carbocycles. The van der Waals surface area contributed by atoms with E-state index in [0.717, 1.165) is 12.2 Å². The predicted octanol–water partition coefficient (Wildman–Crippen LogP) is 4.11. The summed E-state index contributed by atoms with van der Waals surface area (Å²) in [4.78, 5) is 4.10. The third-order valence-electron chi connectivity index (χ3n) is 3.17. The van der Waals surface area contributed by atoms with Crippen LogP contribution in [0.5, 0.6) is 5.88 Å². The van der Waals surface area contributed by atoms with Crippen molar-refractivity contribution in [1.29, 1.82) is 0 Å². The van der Waals surface area contributed by atoms with Crippen molar-refractivity contribution >= 4 is 5.69 Å². The molecule has 0 aliphatic carbocycles. The molecule has 1 aromatic heterocycles. The Bertz CT molecular complexity index is 350. The van der Waals surface area contributed by atoms with Crippen LogP contribution in [0.1, 0.15) is 46.5 Å². The average molecular weight is 250 g/mol. The van der Waals surface area contributed by atoms with Crippen LogP contribution in [0, 0.1) is 5.41 Å². The van der Waals surface area contributed by atoms with E-state index in [9.17, 15) is 0 Å². The zero-order valence-electron chi connectivity index (χ0n) is 12.1. The van der Waals surface area contributed by atoms with Crippen LogP contribution < -0.4 is 10.1 Å². The van der Waals surface area contributed by atoms with E-state index >= 15 is 0 Å². The normalized spacial score (nSPS) is 11.3. The maximum absolute atomic E-state index is 5.12. The van der Waals surface area contributed by atoms with Gasteiger partial charge in [-0.05, 0) is 17.9 Å². The summed E-state index contributed by atoms with van der Waals surface area (Å²) in [6.07, 6.45) is 6.95. The van der Waals surface area contributed by atoms with Crippen molar-refractivity contribution in [2.24, 2.45) is 5.41 Å². The van der Waals surface area contributed by atoms with Gasteiger partial charge in [0, 0.05) is 24.5 Å². The monoisotopic (exact) mass is 250 g/mol. The van der Waals surface area contributed by atoms with Gasteiger partial charge in [0.1, 0.15) is 0 Å². The van der Waals surface area contributed by atoms with E-state index in [1.807, 2.05) is 12.1 Å². The fourth-order valence-electron chi connectivity index (χ4n) is 1.91. The van der Waals surface area contributed by atoms with Crippen LogP contribution in [0.25, 0.3) is 0 Å². The van der Waals surface area contributed by atoms with Crippen LogP contribution in [0.3, 0.4) is 0 Å². The highest BCUT2D eigenvalue weighted by Gasteiger charge is 2.16. The third-order valence-corrected chi connectivity index (χ3v) is 3.17. The smallest absolute Gasteiger partial charge is 0.214 e. The number of rotatable bonds is 8. The molecule has 0 aliphatic heterocycles. The summed E-state index contributed by atoms with van der Waals surface area (Å²) in [5.41, 5.74) is 1.40. The van der Waals surface area contributed by atoms with Crippen molar-refractivity contribution in [2.45, 2.75) is 46.5 Å². The molecule has 18 heavy (non-hydrogen) atoms. The molecule has 1 aromatic rings. The molecule has 0 amide bonds. The SMILES string of the molecule is CCCCCC(C)(C)CNc1ccnc(OC)c1. The Morgan fingerprint density at radius 2 is 2.11 bits per heavy atom. The fraction of sp³-hybridized carbons (Fsp3) is 0.667. The first kappa shape index (κ1) is 14.8. The minimum atomic E-state index is 0.325. The van der Waals surface area contributed by atoms with E-state index in [2.05, 4.69) is 31.1 Å². The summed E-state index contributed by atoms with van der Waals surface area (Å²) < 4.78 is 5.12. The van der Waals surface area contributed by atoms with Crippen molar-refractivity contribution < 1.29 is 4.74 Å². The number of unbranched alkanes of at least 4 members (excludes halogenated alkanes) is 2. The highest BCUT2D eigenvalue weighted by molar-refractivity contribution is 5.45. The first-order chi connectivity index (χ1) is 8.57. The lowest BCUT2D eigenvalue weighted by atomic mass is 9.87. The first-order valence-corrected chi connectivity index (χ1v) is 6.81. The largest absolute Gasteiger partial charge is 0.481 e. The number of aromatic nitrogens is 1. The lowest BCUT2D eigenvalue weighted by molar-refractivity contribution is 0.342. The van der Waals surface area contributed by atoms with Crippen LogP contribution >= 0.6 is 0 Å². The molecule has 1 rings (SSSR count). The van der Waals surface area contributed by atoms with Gasteiger partial charge in [-0.15, -0.1) is 0 Å². The molecule has 0 unspecified atom stereocenters. The van der Waals surface area contributed by atoms with E-state index in [1.54, 1.807) is 13.3 Å². The zero-order valence-corrected chi connectivity index (χ0v) is 12.1. The van der Waals surface area contributed by atoms with Crippen molar-refractivity contribution in [3.63, 3.8) is 0 Å².